The fraction of sp³-hybridized carbons (Fsp3) is 0.600. The van der Waals surface area contributed by atoms with Crippen LogP contribution in [0.15, 0.2) is 59.6 Å². The number of ether oxygens (including phenoxy) is 4. The average Bonchev–Trinajstić information content (AvgIpc) is 4.30. The van der Waals surface area contributed by atoms with Crippen LogP contribution in [0.25, 0.3) is 20.9 Å². The highest BCUT2D eigenvalue weighted by atomic mass is 32.1. The van der Waals surface area contributed by atoms with Gasteiger partial charge in [0.05, 0.1) is 44.4 Å². The smallest absolute Gasteiger partial charge is 0.246 e. The number of aryl methyl sites for hydroxylation is 2. The summed E-state index contributed by atoms with van der Waals surface area (Å²) in [5.74, 6) is -2.51. The number of aromatic nitrogens is 2. The number of aliphatic hydroxyl groups is 2. The van der Waals surface area contributed by atoms with E-state index in [4.69, 9.17) is 18.9 Å². The molecule has 0 bridgehead atoms. The van der Waals surface area contributed by atoms with Gasteiger partial charge in [0.1, 0.15) is 37.4 Å². The first kappa shape index (κ1) is 65.4. The zero-order valence-corrected chi connectivity index (χ0v) is 50.6. The van der Waals surface area contributed by atoms with Gasteiger partial charge in [-0.05, 0) is 85.5 Å². The third-order valence-corrected chi connectivity index (χ3v) is 16.3. The van der Waals surface area contributed by atoms with Crippen LogP contribution in [-0.4, -0.2) is 168 Å². The molecule has 450 valence electrons. The molecule has 2 fully saturated rings. The summed E-state index contributed by atoms with van der Waals surface area (Å²) in [4.78, 5) is 94.4. The molecule has 4 heterocycles. The Labute approximate surface area is 490 Å². The van der Waals surface area contributed by atoms with Gasteiger partial charge >= 0.3 is 0 Å². The highest BCUT2D eigenvalue weighted by molar-refractivity contribution is 7.13. The van der Waals surface area contributed by atoms with Gasteiger partial charge in [-0.15, -0.1) is 22.7 Å². The molecule has 4 aromatic rings. The molecule has 0 radical (unpaired) electrons. The van der Waals surface area contributed by atoms with E-state index >= 15 is 0 Å². The Bertz CT molecular complexity index is 2510. The van der Waals surface area contributed by atoms with Crippen LogP contribution in [0.1, 0.15) is 115 Å². The highest BCUT2D eigenvalue weighted by Crippen LogP contribution is 2.31. The Morgan fingerprint density at radius 3 is 1.18 bits per heavy atom. The van der Waals surface area contributed by atoms with Crippen LogP contribution in [-0.2, 0) is 60.8 Å². The first-order chi connectivity index (χ1) is 39.1. The van der Waals surface area contributed by atoms with Gasteiger partial charge in [0, 0.05) is 78.7 Å². The van der Waals surface area contributed by atoms with Gasteiger partial charge in [0.2, 0.25) is 35.4 Å². The van der Waals surface area contributed by atoms with Gasteiger partial charge in [-0.2, -0.15) is 0 Å². The van der Waals surface area contributed by atoms with Gasteiger partial charge in [0.25, 0.3) is 0 Å². The van der Waals surface area contributed by atoms with Crippen LogP contribution < -0.4 is 21.3 Å². The molecular weight excluding hydrogens is 1090 g/mol. The van der Waals surface area contributed by atoms with Crippen LogP contribution in [0, 0.1) is 24.7 Å². The molecule has 0 unspecified atom stereocenters. The number of carbonyl (C=O) groups excluding carboxylic acids is 6. The lowest BCUT2D eigenvalue weighted by Crippen LogP contribution is -2.58. The van der Waals surface area contributed by atoms with Crippen molar-refractivity contribution in [3.05, 3.63) is 82.1 Å². The molecule has 2 aromatic heterocycles. The summed E-state index contributed by atoms with van der Waals surface area (Å²) < 4.78 is 22.8. The monoisotopic (exact) mass is 1170 g/mol. The summed E-state index contributed by atoms with van der Waals surface area (Å²) in [6, 6.07) is 12.1. The fourth-order valence-corrected chi connectivity index (χ4v) is 11.3. The van der Waals surface area contributed by atoms with E-state index in [1.165, 1.54) is 9.80 Å². The quantitative estimate of drug-likeness (QED) is 0.0322. The Balaban J connectivity index is 0.763. The number of nitrogens with zero attached hydrogens (tertiary/aromatic N) is 4. The number of hydrogen-bond acceptors (Lipinski definition) is 16. The van der Waals surface area contributed by atoms with Crippen LogP contribution in [0.5, 0.6) is 0 Å². The van der Waals surface area contributed by atoms with Crippen molar-refractivity contribution in [2.45, 2.75) is 156 Å². The largest absolute Gasteiger partial charge is 0.391 e. The van der Waals surface area contributed by atoms with E-state index in [0.29, 0.717) is 52.5 Å². The molecule has 6 amide bonds. The second-order valence-electron chi connectivity index (χ2n) is 23.3. The highest BCUT2D eigenvalue weighted by Gasteiger charge is 2.46. The van der Waals surface area contributed by atoms with Gasteiger partial charge in [-0.1, -0.05) is 90.1 Å². The topological polar surface area (TPSA) is 260 Å². The summed E-state index contributed by atoms with van der Waals surface area (Å²) in [5, 5.41) is 32.6. The molecule has 2 aliphatic rings. The predicted molar refractivity (Wildman–Crippen MR) is 314 cm³/mol. The molecule has 6 rings (SSSR count). The minimum atomic E-state index is -0.952. The normalized spacial score (nSPS) is 18.1. The van der Waals surface area contributed by atoms with Crippen molar-refractivity contribution in [2.75, 3.05) is 65.9 Å². The number of nitrogens with one attached hydrogen (secondary N) is 4. The molecule has 6 atom stereocenters. The first-order valence-electron chi connectivity index (χ1n) is 28.5. The standard InChI is InChI=1S/C60H86N8O12S2/c1-39-51(81-37-63-39)43-19-15-41(16-20-43)31-61-55(73)47-29-45(69)33-67(47)57(75)53(59(3,4)5)65-49(71)35-79-27-13-11-25-77-23-9-10-24-78-26-12-14-28-80-36-50(72)66-54(60(6,7)8)58(76)68-34-46(70)30-48(68)56(74)62-32-42-17-21-44(22-18-42)52-40(2)64-38-82-52/h15-22,37-38,45-48,53-54,69-70H,9-14,23-36H2,1-8H3,(H,61,73)(H,62,74)(H,65,71)(H,66,72)/t45-,46-,47+,48+,53-,54-/m1/s1. The van der Waals surface area contributed by atoms with Crippen molar-refractivity contribution in [1.29, 1.82) is 0 Å². The number of aliphatic hydroxyl groups excluding tert-OH is 2. The molecule has 20 nitrogen and oxygen atoms in total. The molecule has 0 aliphatic carbocycles. The van der Waals surface area contributed by atoms with E-state index in [9.17, 15) is 39.0 Å². The second kappa shape index (κ2) is 31.8. The number of unbranched alkanes of at least 4 members (excludes halogenated alkanes) is 3. The Hall–Kier alpha value is -5.72. The van der Waals surface area contributed by atoms with Crippen molar-refractivity contribution >= 4 is 58.1 Å². The van der Waals surface area contributed by atoms with Crippen molar-refractivity contribution < 1.29 is 57.9 Å². The van der Waals surface area contributed by atoms with Gasteiger partial charge in [0.15, 0.2) is 0 Å². The maximum atomic E-state index is 14.0. The molecule has 0 saturated carbocycles. The predicted octanol–water partition coefficient (Wildman–Crippen LogP) is 5.88. The van der Waals surface area contributed by atoms with E-state index in [2.05, 4.69) is 31.2 Å². The van der Waals surface area contributed by atoms with Gasteiger partial charge in [-0.3, -0.25) is 28.8 Å². The number of likely N-dealkylation sites (tertiary alicyclic amines) is 2. The fourth-order valence-electron chi connectivity index (χ4n) is 9.72. The van der Waals surface area contributed by atoms with Gasteiger partial charge in [-0.25, -0.2) is 9.97 Å². The number of benzene rings is 2. The SMILES string of the molecule is Cc1ncsc1-c1ccc(CNC(=O)[C@@H]2C[C@@H](O)CN2C(=O)[C@@H](NC(=O)COCCCCOCCCCOCCCCOCC(=O)N[C@H](C(=O)N2C[C@H](O)C[C@H]2C(=O)NCc2ccc(-c3scnc3C)cc2)C(C)(C)C)C(C)(C)C)cc1. The Morgan fingerprint density at radius 1 is 0.549 bits per heavy atom. The average molecular weight is 1180 g/mol. The maximum Gasteiger partial charge on any atom is 0.246 e. The third-order valence-electron chi connectivity index (χ3n) is 14.4. The van der Waals surface area contributed by atoms with E-state index in [1.54, 1.807) is 22.7 Å². The van der Waals surface area contributed by atoms with Crippen molar-refractivity contribution in [2.24, 2.45) is 10.8 Å². The lowest BCUT2D eigenvalue weighted by molar-refractivity contribution is -0.144. The van der Waals surface area contributed by atoms with Crippen LogP contribution in [0.2, 0.25) is 0 Å². The summed E-state index contributed by atoms with van der Waals surface area (Å²) >= 11 is 3.14. The van der Waals surface area contributed by atoms with Crippen molar-refractivity contribution in [3.63, 3.8) is 0 Å². The number of hydrogen-bond donors (Lipinski definition) is 6. The summed E-state index contributed by atoms with van der Waals surface area (Å²) in [5.41, 5.74) is 8.03. The number of rotatable bonds is 31. The lowest BCUT2D eigenvalue weighted by Gasteiger charge is -2.35. The number of β-amino-alcohol motifs (C(OH)–C–C–N with tert-alkyl or cyclic N) is 2. The number of amides is 6. The molecule has 2 aromatic carbocycles. The lowest BCUT2D eigenvalue weighted by atomic mass is 9.85. The molecule has 82 heavy (non-hydrogen) atoms. The van der Waals surface area contributed by atoms with E-state index < -0.39 is 70.8 Å². The zero-order chi connectivity index (χ0) is 59.4. The van der Waals surface area contributed by atoms with Crippen LogP contribution in [0.3, 0.4) is 0 Å². The van der Waals surface area contributed by atoms with Crippen LogP contribution >= 0.6 is 22.7 Å². The van der Waals surface area contributed by atoms with Gasteiger partial charge < -0.3 is 60.2 Å². The molecule has 0 spiro atoms. The molecule has 2 saturated heterocycles. The zero-order valence-electron chi connectivity index (χ0n) is 49.0. The molecule has 2 aliphatic heterocycles. The second-order valence-corrected chi connectivity index (χ2v) is 25.0. The van der Waals surface area contributed by atoms with E-state index in [0.717, 1.165) is 69.1 Å². The minimum absolute atomic E-state index is 0.0142. The number of carbonyl (C=O) groups is 6. The summed E-state index contributed by atoms with van der Waals surface area (Å²) in [6.45, 7) is 17.9. The summed E-state index contributed by atoms with van der Waals surface area (Å²) in [6.07, 6.45) is 2.98. The molecule has 22 heteroatoms. The Morgan fingerprint density at radius 2 is 0.878 bits per heavy atom. The Kier molecular flexibility index (Phi) is 25.4. The third kappa shape index (κ3) is 20.0. The maximum absolute atomic E-state index is 14.0. The van der Waals surface area contributed by atoms with Crippen LogP contribution in [0.4, 0.5) is 0 Å². The summed E-state index contributed by atoms with van der Waals surface area (Å²) in [7, 11) is 0. The molecule has 6 N–H and O–H groups in total. The minimum Gasteiger partial charge on any atom is -0.391 e. The first-order valence-corrected chi connectivity index (χ1v) is 30.3. The van der Waals surface area contributed by atoms with E-state index in [-0.39, 0.29) is 64.0 Å². The molecular formula is C60H86N8O12S2. The van der Waals surface area contributed by atoms with E-state index in [1.807, 2.05) is 115 Å². The van der Waals surface area contributed by atoms with Crippen molar-refractivity contribution in [3.8, 4) is 20.9 Å². The van der Waals surface area contributed by atoms with Crippen molar-refractivity contribution in [1.82, 2.24) is 41.0 Å². The number of thiazole rings is 2.